The Morgan fingerprint density at radius 1 is 0.864 bits per heavy atom. The lowest BCUT2D eigenvalue weighted by molar-refractivity contribution is -0.116. The maximum absolute atomic E-state index is 11.4. The van der Waals surface area contributed by atoms with Crippen molar-refractivity contribution in [2.45, 2.75) is 25.9 Å². The summed E-state index contributed by atoms with van der Waals surface area (Å²) in [5.41, 5.74) is 2.59. The van der Waals surface area contributed by atoms with Gasteiger partial charge in [0.25, 0.3) is 0 Å². The van der Waals surface area contributed by atoms with E-state index in [0.29, 0.717) is 6.42 Å². The zero-order valence-electron chi connectivity index (χ0n) is 12.7. The van der Waals surface area contributed by atoms with Gasteiger partial charge in [-0.25, -0.2) is 0 Å². The third-order valence-corrected chi connectivity index (χ3v) is 3.88. The van der Waals surface area contributed by atoms with E-state index in [9.17, 15) is 4.79 Å². The maximum Gasteiger partial charge on any atom is 0.147 e. The molecular weight excluding hydrogens is 294 g/mol. The topological polar surface area (TPSA) is 20.3 Å². The molecule has 0 fully saturated rings. The number of alkyl halides is 1. The molecule has 0 unspecified atom stereocenters. The Morgan fingerprint density at radius 2 is 1.36 bits per heavy atom. The number of Topliss-reactive ketones (excluding diaryl/α,β-unsaturated/α-hetero) is 1. The summed E-state index contributed by atoms with van der Waals surface area (Å²) in [6.45, 7) is 2.68. The predicted octanol–water partition coefficient (Wildman–Crippen LogP) is 4.28. The maximum atomic E-state index is 11.4. The van der Waals surface area contributed by atoms with E-state index in [1.165, 1.54) is 11.1 Å². The molecule has 116 valence electrons. The lowest BCUT2D eigenvalue weighted by atomic mass is 10.1. The van der Waals surface area contributed by atoms with Gasteiger partial charge in [0.2, 0.25) is 0 Å². The molecule has 2 rings (SSSR count). The molecule has 0 amide bonds. The van der Waals surface area contributed by atoms with Crippen LogP contribution in [0.15, 0.2) is 60.7 Å². The molecule has 3 heteroatoms. The third-order valence-electron chi connectivity index (χ3n) is 3.58. The average Bonchev–Trinajstić information content (AvgIpc) is 2.56. The summed E-state index contributed by atoms with van der Waals surface area (Å²) in [6, 6.07) is 20.9. The number of benzene rings is 2. The summed E-state index contributed by atoms with van der Waals surface area (Å²) in [6.07, 6.45) is 1.41. The van der Waals surface area contributed by atoms with Crippen molar-refractivity contribution in [3.8, 4) is 0 Å². The van der Waals surface area contributed by atoms with Gasteiger partial charge in [-0.15, -0.1) is 11.6 Å². The molecule has 0 aromatic heterocycles. The molecule has 0 saturated heterocycles. The van der Waals surface area contributed by atoms with Crippen molar-refractivity contribution in [1.29, 1.82) is 0 Å². The van der Waals surface area contributed by atoms with Gasteiger partial charge in [-0.3, -0.25) is 9.69 Å². The molecule has 22 heavy (non-hydrogen) atoms. The van der Waals surface area contributed by atoms with Gasteiger partial charge in [-0.1, -0.05) is 60.7 Å². The molecule has 0 saturated carbocycles. The molecule has 0 spiro atoms. The molecule has 0 N–H and O–H groups in total. The Labute approximate surface area is 137 Å². The smallest absolute Gasteiger partial charge is 0.147 e. The van der Waals surface area contributed by atoms with Crippen molar-refractivity contribution in [2.24, 2.45) is 0 Å². The van der Waals surface area contributed by atoms with Crippen molar-refractivity contribution in [2.75, 3.05) is 12.4 Å². The number of ketones is 1. The fourth-order valence-corrected chi connectivity index (χ4v) is 2.60. The lowest BCUT2D eigenvalue weighted by Crippen LogP contribution is -2.24. The molecule has 0 aliphatic carbocycles. The number of halogens is 1. The fraction of sp³-hybridized carbons (Fsp3) is 0.316. The van der Waals surface area contributed by atoms with Crippen LogP contribution in [0.1, 0.15) is 24.0 Å². The molecule has 0 aliphatic rings. The highest BCUT2D eigenvalue weighted by Gasteiger charge is 2.08. The van der Waals surface area contributed by atoms with E-state index in [1.54, 1.807) is 0 Å². The number of hydrogen-bond acceptors (Lipinski definition) is 2. The first-order valence-electron chi connectivity index (χ1n) is 7.66. The van der Waals surface area contributed by atoms with Crippen LogP contribution >= 0.6 is 11.6 Å². The van der Waals surface area contributed by atoms with Crippen molar-refractivity contribution < 1.29 is 4.79 Å². The van der Waals surface area contributed by atoms with Gasteiger partial charge in [-0.05, 0) is 24.1 Å². The Morgan fingerprint density at radius 3 is 1.82 bits per heavy atom. The van der Waals surface area contributed by atoms with Gasteiger partial charge in [-0.2, -0.15) is 0 Å². The summed E-state index contributed by atoms with van der Waals surface area (Å²) >= 11 is 5.56. The van der Waals surface area contributed by atoms with Gasteiger partial charge in [0.05, 0.1) is 5.88 Å². The van der Waals surface area contributed by atoms with Gasteiger partial charge in [0.15, 0.2) is 0 Å². The SMILES string of the molecule is O=C(CCl)CCCN(Cc1ccccc1)Cc1ccccc1. The monoisotopic (exact) mass is 315 g/mol. The highest BCUT2D eigenvalue weighted by Crippen LogP contribution is 2.11. The van der Waals surface area contributed by atoms with E-state index in [0.717, 1.165) is 26.1 Å². The van der Waals surface area contributed by atoms with E-state index in [2.05, 4.69) is 53.4 Å². The highest BCUT2D eigenvalue weighted by atomic mass is 35.5. The normalized spacial score (nSPS) is 10.8. The minimum Gasteiger partial charge on any atom is -0.298 e. The lowest BCUT2D eigenvalue weighted by Gasteiger charge is -2.22. The van der Waals surface area contributed by atoms with Crippen LogP contribution < -0.4 is 0 Å². The van der Waals surface area contributed by atoms with Gasteiger partial charge < -0.3 is 0 Å². The first-order valence-corrected chi connectivity index (χ1v) is 8.19. The highest BCUT2D eigenvalue weighted by molar-refractivity contribution is 6.27. The first-order chi connectivity index (χ1) is 10.8. The van der Waals surface area contributed by atoms with Crippen LogP contribution in [0.2, 0.25) is 0 Å². The molecule has 2 aromatic rings. The zero-order valence-corrected chi connectivity index (χ0v) is 13.5. The number of nitrogens with zero attached hydrogens (tertiary/aromatic N) is 1. The Bertz CT molecular complexity index is 515. The third kappa shape index (κ3) is 6.00. The minimum absolute atomic E-state index is 0.122. The quantitative estimate of drug-likeness (QED) is 0.644. The summed E-state index contributed by atoms with van der Waals surface area (Å²) in [4.78, 5) is 13.7. The van der Waals surface area contributed by atoms with Crippen LogP contribution in [0.4, 0.5) is 0 Å². The summed E-state index contributed by atoms with van der Waals surface area (Å²) in [7, 11) is 0. The van der Waals surface area contributed by atoms with Crippen molar-refractivity contribution >= 4 is 17.4 Å². The Hall–Kier alpha value is -1.64. The number of carbonyl (C=O) groups excluding carboxylic acids is 1. The van der Waals surface area contributed by atoms with Crippen molar-refractivity contribution in [1.82, 2.24) is 4.90 Å². The largest absolute Gasteiger partial charge is 0.298 e. The molecule has 2 nitrogen and oxygen atoms in total. The van der Waals surface area contributed by atoms with Crippen LogP contribution in [0.5, 0.6) is 0 Å². The van der Waals surface area contributed by atoms with Crippen LogP contribution in [0.3, 0.4) is 0 Å². The second-order valence-corrected chi connectivity index (χ2v) is 5.72. The van der Waals surface area contributed by atoms with E-state index in [-0.39, 0.29) is 11.7 Å². The standard InChI is InChI=1S/C19H22ClNO/c20-14-19(22)12-7-13-21(15-17-8-3-1-4-9-17)16-18-10-5-2-6-11-18/h1-6,8-11H,7,12-16H2. The molecule has 2 aromatic carbocycles. The molecular formula is C19H22ClNO. The van der Waals surface area contributed by atoms with Gasteiger partial charge in [0, 0.05) is 19.5 Å². The predicted molar refractivity (Wildman–Crippen MR) is 92.0 cm³/mol. The summed E-state index contributed by atoms with van der Waals surface area (Å²) in [5.74, 6) is 0.248. The zero-order chi connectivity index (χ0) is 15.6. The van der Waals surface area contributed by atoms with Gasteiger partial charge >= 0.3 is 0 Å². The average molecular weight is 316 g/mol. The first kappa shape index (κ1) is 16.7. The van der Waals surface area contributed by atoms with Crippen LogP contribution in [0.25, 0.3) is 0 Å². The minimum atomic E-state index is 0.122. The van der Waals surface area contributed by atoms with Crippen LogP contribution in [-0.2, 0) is 17.9 Å². The summed E-state index contributed by atoms with van der Waals surface area (Å²) < 4.78 is 0. The number of hydrogen-bond donors (Lipinski definition) is 0. The number of carbonyl (C=O) groups is 1. The van der Waals surface area contributed by atoms with E-state index < -0.39 is 0 Å². The second-order valence-electron chi connectivity index (χ2n) is 5.46. The Balaban J connectivity index is 1.95. The van der Waals surface area contributed by atoms with Crippen LogP contribution in [-0.4, -0.2) is 23.1 Å². The van der Waals surface area contributed by atoms with E-state index >= 15 is 0 Å². The number of rotatable bonds is 9. The van der Waals surface area contributed by atoms with Crippen molar-refractivity contribution in [3.63, 3.8) is 0 Å². The Kier molecular flexibility index (Phi) is 7.14. The molecule has 0 aliphatic heterocycles. The van der Waals surface area contributed by atoms with E-state index in [4.69, 9.17) is 11.6 Å². The molecule has 0 heterocycles. The van der Waals surface area contributed by atoms with Crippen LogP contribution in [0, 0.1) is 0 Å². The molecule has 0 atom stereocenters. The summed E-state index contributed by atoms with van der Waals surface area (Å²) in [5, 5.41) is 0. The fourth-order valence-electron chi connectivity index (χ4n) is 2.46. The molecule has 0 bridgehead atoms. The van der Waals surface area contributed by atoms with E-state index in [1.807, 2.05) is 12.1 Å². The second kappa shape index (κ2) is 9.39. The van der Waals surface area contributed by atoms with Gasteiger partial charge in [0.1, 0.15) is 5.78 Å². The molecule has 0 radical (unpaired) electrons. The van der Waals surface area contributed by atoms with Crippen molar-refractivity contribution in [3.05, 3.63) is 71.8 Å².